The van der Waals surface area contributed by atoms with Gasteiger partial charge < -0.3 is 24.3 Å². The van der Waals surface area contributed by atoms with E-state index < -0.39 is 0 Å². The number of carbonyl (C=O) groups is 1. The van der Waals surface area contributed by atoms with Crippen LogP contribution in [0, 0.1) is 0 Å². The first kappa shape index (κ1) is 19.1. The van der Waals surface area contributed by atoms with E-state index in [2.05, 4.69) is 15.3 Å². The molecule has 0 saturated carbocycles. The van der Waals surface area contributed by atoms with Crippen LogP contribution in [0.15, 0.2) is 36.7 Å². The Kier molecular flexibility index (Phi) is 6.95. The molecule has 1 aliphatic heterocycles. The van der Waals surface area contributed by atoms with Crippen molar-refractivity contribution in [3.63, 3.8) is 0 Å². The molecular weight excluding hydrogens is 350 g/mol. The van der Waals surface area contributed by atoms with Crippen LogP contribution in [0.2, 0.25) is 0 Å². The third kappa shape index (κ3) is 5.90. The van der Waals surface area contributed by atoms with Gasteiger partial charge in [0.25, 0.3) is 5.91 Å². The molecular formula is C19H23N3O5. The fraction of sp³-hybridized carbons (Fsp3) is 0.421. The Bertz CT molecular complexity index is 750. The summed E-state index contributed by atoms with van der Waals surface area (Å²) in [6, 6.07) is 6.90. The average molecular weight is 373 g/mol. The molecule has 8 heteroatoms. The van der Waals surface area contributed by atoms with Crippen molar-refractivity contribution in [2.75, 3.05) is 33.5 Å². The summed E-state index contributed by atoms with van der Waals surface area (Å²) in [4.78, 5) is 20.7. The largest absolute Gasteiger partial charge is 0.475 e. The molecule has 1 saturated heterocycles. The van der Waals surface area contributed by atoms with Gasteiger partial charge >= 0.3 is 0 Å². The second kappa shape index (κ2) is 9.84. The van der Waals surface area contributed by atoms with E-state index in [0.717, 1.165) is 12.0 Å². The molecule has 3 rings (SSSR count). The van der Waals surface area contributed by atoms with Crippen molar-refractivity contribution in [2.45, 2.75) is 19.1 Å². The lowest BCUT2D eigenvalue weighted by Crippen LogP contribution is -2.23. The fourth-order valence-corrected chi connectivity index (χ4v) is 2.55. The second-order valence-corrected chi connectivity index (χ2v) is 6.01. The Balaban J connectivity index is 1.53. The number of hydrogen-bond donors (Lipinski definition) is 1. The van der Waals surface area contributed by atoms with Gasteiger partial charge in [-0.05, 0) is 17.7 Å². The van der Waals surface area contributed by atoms with E-state index in [9.17, 15) is 4.79 Å². The summed E-state index contributed by atoms with van der Waals surface area (Å²) in [5.74, 6) is 0.719. The molecule has 27 heavy (non-hydrogen) atoms. The Morgan fingerprint density at radius 1 is 1.22 bits per heavy atom. The highest BCUT2D eigenvalue weighted by atomic mass is 16.5. The second-order valence-electron chi connectivity index (χ2n) is 6.01. The van der Waals surface area contributed by atoms with E-state index in [4.69, 9.17) is 18.9 Å². The number of rotatable bonds is 9. The molecule has 0 aromatic carbocycles. The van der Waals surface area contributed by atoms with Crippen molar-refractivity contribution < 1.29 is 23.7 Å². The van der Waals surface area contributed by atoms with Gasteiger partial charge in [0.15, 0.2) is 0 Å². The molecule has 2 aromatic rings. The maximum absolute atomic E-state index is 12.4. The number of ether oxygens (including phenoxy) is 4. The number of nitrogens with one attached hydrogen (secondary N) is 1. The molecule has 0 aliphatic carbocycles. The molecule has 1 amide bonds. The number of aromatic nitrogens is 2. The molecule has 0 radical (unpaired) electrons. The minimum Gasteiger partial charge on any atom is -0.475 e. The summed E-state index contributed by atoms with van der Waals surface area (Å²) in [6.45, 7) is 2.51. The van der Waals surface area contributed by atoms with Crippen LogP contribution in [0.5, 0.6) is 11.8 Å². The fourth-order valence-electron chi connectivity index (χ4n) is 2.55. The lowest BCUT2D eigenvalue weighted by Gasteiger charge is -2.12. The zero-order chi connectivity index (χ0) is 18.9. The van der Waals surface area contributed by atoms with Gasteiger partial charge in [-0.2, -0.15) is 0 Å². The summed E-state index contributed by atoms with van der Waals surface area (Å²) in [5, 5.41) is 2.88. The quantitative estimate of drug-likeness (QED) is 0.668. The van der Waals surface area contributed by atoms with Crippen LogP contribution in [-0.2, 0) is 16.0 Å². The maximum Gasteiger partial charge on any atom is 0.251 e. The van der Waals surface area contributed by atoms with E-state index in [1.807, 2.05) is 6.07 Å². The van der Waals surface area contributed by atoms with E-state index in [1.165, 1.54) is 0 Å². The monoisotopic (exact) mass is 373 g/mol. The van der Waals surface area contributed by atoms with Crippen LogP contribution >= 0.6 is 0 Å². The van der Waals surface area contributed by atoms with Gasteiger partial charge in [-0.25, -0.2) is 9.97 Å². The summed E-state index contributed by atoms with van der Waals surface area (Å²) in [7, 11) is 1.61. The first-order chi connectivity index (χ1) is 13.2. The van der Waals surface area contributed by atoms with Crippen LogP contribution < -0.4 is 14.8 Å². The van der Waals surface area contributed by atoms with Crippen LogP contribution in [0.1, 0.15) is 22.3 Å². The minimum atomic E-state index is -0.205. The normalized spacial score (nSPS) is 16.1. The minimum absolute atomic E-state index is 0.0100. The predicted molar refractivity (Wildman–Crippen MR) is 96.9 cm³/mol. The van der Waals surface area contributed by atoms with Crippen molar-refractivity contribution in [3.05, 3.63) is 47.8 Å². The lowest BCUT2D eigenvalue weighted by atomic mass is 10.2. The smallest absolute Gasteiger partial charge is 0.251 e. The molecule has 3 heterocycles. The Morgan fingerprint density at radius 3 is 2.89 bits per heavy atom. The van der Waals surface area contributed by atoms with Crippen molar-refractivity contribution >= 4 is 5.91 Å². The number of carbonyl (C=O) groups excluding carboxylic acids is 1. The molecule has 1 unspecified atom stereocenters. The molecule has 1 N–H and O–H groups in total. The van der Waals surface area contributed by atoms with E-state index in [1.54, 1.807) is 37.7 Å². The molecule has 1 atom stereocenters. The highest BCUT2D eigenvalue weighted by molar-refractivity contribution is 5.94. The van der Waals surface area contributed by atoms with Gasteiger partial charge in [0, 0.05) is 50.2 Å². The molecule has 1 fully saturated rings. The van der Waals surface area contributed by atoms with E-state index in [-0.39, 0.29) is 12.0 Å². The van der Waals surface area contributed by atoms with Gasteiger partial charge in [-0.15, -0.1) is 0 Å². The molecule has 144 valence electrons. The van der Waals surface area contributed by atoms with Gasteiger partial charge in [0.2, 0.25) is 11.8 Å². The van der Waals surface area contributed by atoms with Gasteiger partial charge in [0.1, 0.15) is 12.7 Å². The standard InChI is InChI=1S/C19H23N3O5/c1-24-8-9-26-17-10-14(2-5-20-17)12-22-19(23)15-3-6-21-18(11-15)27-16-4-7-25-13-16/h2-3,5-6,10-11,16H,4,7-9,12-13H2,1H3,(H,22,23). The number of nitrogens with zero attached hydrogens (tertiary/aromatic N) is 2. The first-order valence-electron chi connectivity index (χ1n) is 8.80. The van der Waals surface area contributed by atoms with Crippen LogP contribution in [0.3, 0.4) is 0 Å². The molecule has 0 spiro atoms. The predicted octanol–water partition coefficient (Wildman–Crippen LogP) is 1.60. The number of hydrogen-bond acceptors (Lipinski definition) is 7. The average Bonchev–Trinajstić information content (AvgIpc) is 3.20. The van der Waals surface area contributed by atoms with Crippen molar-refractivity contribution in [2.24, 2.45) is 0 Å². The zero-order valence-corrected chi connectivity index (χ0v) is 15.2. The Hall–Kier alpha value is -2.71. The third-order valence-electron chi connectivity index (χ3n) is 3.96. The van der Waals surface area contributed by atoms with Gasteiger partial charge in [-0.1, -0.05) is 0 Å². The SMILES string of the molecule is COCCOc1cc(CNC(=O)c2ccnc(OC3CCOC3)c2)ccn1. The van der Waals surface area contributed by atoms with Crippen molar-refractivity contribution in [1.29, 1.82) is 0 Å². The summed E-state index contributed by atoms with van der Waals surface area (Å²) in [5.41, 5.74) is 1.38. The molecule has 0 bridgehead atoms. The van der Waals surface area contributed by atoms with Crippen molar-refractivity contribution in [3.8, 4) is 11.8 Å². The third-order valence-corrected chi connectivity index (χ3v) is 3.96. The zero-order valence-electron chi connectivity index (χ0n) is 15.2. The maximum atomic E-state index is 12.4. The highest BCUT2D eigenvalue weighted by Gasteiger charge is 2.18. The number of amides is 1. The molecule has 2 aromatic heterocycles. The molecule has 8 nitrogen and oxygen atoms in total. The molecule has 1 aliphatic rings. The van der Waals surface area contributed by atoms with Gasteiger partial charge in [0.05, 0.1) is 19.8 Å². The van der Waals surface area contributed by atoms with Crippen molar-refractivity contribution in [1.82, 2.24) is 15.3 Å². The van der Waals surface area contributed by atoms with Gasteiger partial charge in [-0.3, -0.25) is 4.79 Å². The summed E-state index contributed by atoms with van der Waals surface area (Å²) in [6.07, 6.45) is 4.03. The number of methoxy groups -OCH3 is 1. The first-order valence-corrected chi connectivity index (χ1v) is 8.80. The van der Waals surface area contributed by atoms with E-state index >= 15 is 0 Å². The van der Waals surface area contributed by atoms with Crippen LogP contribution in [0.25, 0.3) is 0 Å². The Morgan fingerprint density at radius 2 is 2.07 bits per heavy atom. The topological polar surface area (TPSA) is 91.8 Å². The number of pyridine rings is 2. The Labute approximate surface area is 157 Å². The van der Waals surface area contributed by atoms with E-state index in [0.29, 0.717) is 50.3 Å². The van der Waals surface area contributed by atoms with Crippen LogP contribution in [-0.4, -0.2) is 55.5 Å². The summed E-state index contributed by atoms with van der Waals surface area (Å²) >= 11 is 0. The lowest BCUT2D eigenvalue weighted by molar-refractivity contribution is 0.0949. The van der Waals surface area contributed by atoms with Crippen LogP contribution in [0.4, 0.5) is 0 Å². The highest BCUT2D eigenvalue weighted by Crippen LogP contribution is 2.16. The summed E-state index contributed by atoms with van der Waals surface area (Å²) < 4.78 is 21.4.